The molecular formula is C17H17FN8S. The number of hydrogen-bond acceptors (Lipinski definition) is 6. The van der Waals surface area contributed by atoms with E-state index in [1.807, 2.05) is 26.2 Å². The Morgan fingerprint density at radius 3 is 2.96 bits per heavy atom. The number of imidazole rings is 1. The first kappa shape index (κ1) is 17.3. The van der Waals surface area contributed by atoms with Crippen LogP contribution >= 0.6 is 12.2 Å². The molecule has 0 fully saturated rings. The fourth-order valence-corrected chi connectivity index (χ4v) is 3.20. The van der Waals surface area contributed by atoms with Crippen molar-refractivity contribution in [2.45, 2.75) is 13.3 Å². The van der Waals surface area contributed by atoms with E-state index in [4.69, 9.17) is 12.2 Å². The number of rotatable bonds is 5. The third-order valence-electron chi connectivity index (χ3n) is 4.37. The lowest BCUT2D eigenvalue weighted by molar-refractivity contribution is 0.501. The molecule has 0 saturated carbocycles. The minimum absolute atomic E-state index is 0.183. The molecule has 27 heavy (non-hydrogen) atoms. The number of pyridine rings is 1. The first-order valence-electron chi connectivity index (χ1n) is 8.25. The van der Waals surface area contributed by atoms with Crippen LogP contribution in [0.3, 0.4) is 0 Å². The van der Waals surface area contributed by atoms with Crippen LogP contribution in [0.4, 0.5) is 16.0 Å². The van der Waals surface area contributed by atoms with Gasteiger partial charge in [-0.2, -0.15) is 10.1 Å². The number of halogens is 1. The molecule has 0 spiro atoms. The Morgan fingerprint density at radius 1 is 1.37 bits per heavy atom. The highest BCUT2D eigenvalue weighted by atomic mass is 32.1. The maximum Gasteiger partial charge on any atom is 0.229 e. The molecule has 0 aliphatic carbocycles. The Kier molecular flexibility index (Phi) is 4.19. The van der Waals surface area contributed by atoms with Gasteiger partial charge in [-0.05, 0) is 30.8 Å². The van der Waals surface area contributed by atoms with E-state index in [1.54, 1.807) is 19.8 Å². The Bertz CT molecular complexity index is 1240. The topological polar surface area (TPSA) is 77.9 Å². The molecule has 0 aliphatic rings. The van der Waals surface area contributed by atoms with Gasteiger partial charge in [0.1, 0.15) is 11.8 Å². The molecule has 0 radical (unpaired) electrons. The number of fused-ring (bicyclic) bond motifs is 2. The van der Waals surface area contributed by atoms with E-state index in [0.29, 0.717) is 22.1 Å². The SMILES string of the molecule is C=C(CCF)n1c(=S)n(C)c2cnc(Nc3cn4ncnc4cc3C)nc21. The third-order valence-corrected chi connectivity index (χ3v) is 4.83. The standard InChI is InChI=1S/C17H17FN8S/c1-10-6-14-20-9-21-25(14)8-12(10)22-16-19-7-13-15(23-16)26(11(2)4-5-18)17(27)24(13)3/h6-9H,2,4-5H2,1,3H3,(H,19,22,23). The van der Waals surface area contributed by atoms with Crippen LogP contribution in [0, 0.1) is 11.7 Å². The predicted molar refractivity (Wildman–Crippen MR) is 104 cm³/mol. The summed E-state index contributed by atoms with van der Waals surface area (Å²) in [5.74, 6) is 0.396. The van der Waals surface area contributed by atoms with Gasteiger partial charge in [0.05, 0.1) is 24.8 Å². The molecular weight excluding hydrogens is 367 g/mol. The number of allylic oxidation sites excluding steroid dienone is 1. The lowest BCUT2D eigenvalue weighted by atomic mass is 10.2. The summed E-state index contributed by atoms with van der Waals surface area (Å²) in [6.07, 6.45) is 5.19. The summed E-state index contributed by atoms with van der Waals surface area (Å²) in [6, 6.07) is 1.92. The zero-order valence-corrected chi connectivity index (χ0v) is 15.7. The molecule has 10 heteroatoms. The number of hydrogen-bond donors (Lipinski definition) is 1. The third kappa shape index (κ3) is 2.87. The van der Waals surface area contributed by atoms with Crippen molar-refractivity contribution in [3.63, 3.8) is 0 Å². The molecule has 8 nitrogen and oxygen atoms in total. The molecule has 1 N–H and O–H groups in total. The number of nitrogens with zero attached hydrogens (tertiary/aromatic N) is 7. The zero-order valence-electron chi connectivity index (χ0n) is 14.8. The number of alkyl halides is 1. The number of aromatic nitrogens is 7. The molecule has 0 bridgehead atoms. The normalized spacial score (nSPS) is 11.4. The molecule has 0 aromatic carbocycles. The quantitative estimate of drug-likeness (QED) is 0.531. The van der Waals surface area contributed by atoms with Crippen LogP contribution in [0.5, 0.6) is 0 Å². The molecule has 0 aliphatic heterocycles. The summed E-state index contributed by atoms with van der Waals surface area (Å²) in [4.78, 5) is 13.1. The van der Waals surface area contributed by atoms with Gasteiger partial charge < -0.3 is 9.88 Å². The van der Waals surface area contributed by atoms with Crippen molar-refractivity contribution in [2.75, 3.05) is 12.0 Å². The Balaban J connectivity index is 1.80. The molecule has 4 aromatic heterocycles. The fourth-order valence-electron chi connectivity index (χ4n) is 2.89. The van der Waals surface area contributed by atoms with Gasteiger partial charge in [-0.3, -0.25) is 8.96 Å². The van der Waals surface area contributed by atoms with E-state index in [9.17, 15) is 4.39 Å². The lowest BCUT2D eigenvalue weighted by Crippen LogP contribution is -2.03. The zero-order chi connectivity index (χ0) is 19.1. The smallest absolute Gasteiger partial charge is 0.229 e. The Labute approximate surface area is 159 Å². The summed E-state index contributed by atoms with van der Waals surface area (Å²) in [5.41, 5.74) is 4.42. The van der Waals surface area contributed by atoms with E-state index in [1.165, 1.54) is 6.33 Å². The van der Waals surface area contributed by atoms with Crippen molar-refractivity contribution in [3.05, 3.63) is 41.7 Å². The molecule has 0 unspecified atom stereocenters. The van der Waals surface area contributed by atoms with Gasteiger partial charge in [0.2, 0.25) is 5.95 Å². The molecule has 138 valence electrons. The molecule has 4 heterocycles. The second kappa shape index (κ2) is 6.54. The van der Waals surface area contributed by atoms with Gasteiger partial charge in [0, 0.05) is 19.2 Å². The van der Waals surface area contributed by atoms with Gasteiger partial charge in [-0.1, -0.05) is 6.58 Å². The minimum atomic E-state index is -0.510. The number of nitrogens with one attached hydrogen (secondary N) is 1. The van der Waals surface area contributed by atoms with Crippen LogP contribution in [0.25, 0.3) is 22.5 Å². The summed E-state index contributed by atoms with van der Waals surface area (Å²) in [5, 5.41) is 7.34. The van der Waals surface area contributed by atoms with Crippen LogP contribution in [-0.4, -0.2) is 40.4 Å². The van der Waals surface area contributed by atoms with Gasteiger partial charge in [0.25, 0.3) is 0 Å². The number of aryl methyl sites for hydroxylation is 2. The minimum Gasteiger partial charge on any atom is -0.323 e. The van der Waals surface area contributed by atoms with E-state index >= 15 is 0 Å². The van der Waals surface area contributed by atoms with Gasteiger partial charge in [-0.15, -0.1) is 0 Å². The largest absolute Gasteiger partial charge is 0.323 e. The molecule has 0 amide bonds. The Morgan fingerprint density at radius 2 is 2.19 bits per heavy atom. The van der Waals surface area contributed by atoms with Crippen molar-refractivity contribution in [2.24, 2.45) is 7.05 Å². The maximum absolute atomic E-state index is 12.8. The number of anilines is 2. The van der Waals surface area contributed by atoms with E-state index in [-0.39, 0.29) is 6.42 Å². The summed E-state index contributed by atoms with van der Waals surface area (Å²) < 4.78 is 18.4. The summed E-state index contributed by atoms with van der Waals surface area (Å²) >= 11 is 5.46. The van der Waals surface area contributed by atoms with Gasteiger partial charge in [-0.25, -0.2) is 14.5 Å². The van der Waals surface area contributed by atoms with Crippen LogP contribution < -0.4 is 5.32 Å². The second-order valence-corrected chi connectivity index (χ2v) is 6.51. The predicted octanol–water partition coefficient (Wildman–Crippen LogP) is 3.42. The van der Waals surface area contributed by atoms with Crippen LogP contribution in [-0.2, 0) is 7.05 Å². The first-order valence-corrected chi connectivity index (χ1v) is 8.66. The summed E-state index contributed by atoms with van der Waals surface area (Å²) in [6.45, 7) is 5.39. The highest BCUT2D eigenvalue weighted by Crippen LogP contribution is 2.23. The van der Waals surface area contributed by atoms with E-state index in [2.05, 4.69) is 31.9 Å². The molecule has 4 rings (SSSR count). The highest BCUT2D eigenvalue weighted by Gasteiger charge is 2.14. The van der Waals surface area contributed by atoms with Crippen molar-refractivity contribution in [3.8, 4) is 0 Å². The van der Waals surface area contributed by atoms with Crippen molar-refractivity contribution in [1.29, 1.82) is 0 Å². The summed E-state index contributed by atoms with van der Waals surface area (Å²) in [7, 11) is 1.82. The fraction of sp³-hybridized carbons (Fsp3) is 0.235. The van der Waals surface area contributed by atoms with E-state index < -0.39 is 6.67 Å². The average molecular weight is 384 g/mol. The van der Waals surface area contributed by atoms with Crippen molar-refractivity contribution >= 4 is 46.4 Å². The molecule has 0 atom stereocenters. The molecule has 0 saturated heterocycles. The average Bonchev–Trinajstić information content (AvgIpc) is 3.18. The van der Waals surface area contributed by atoms with Crippen molar-refractivity contribution < 1.29 is 4.39 Å². The van der Waals surface area contributed by atoms with Crippen LogP contribution in [0.15, 0.2) is 31.4 Å². The second-order valence-electron chi connectivity index (χ2n) is 6.14. The maximum atomic E-state index is 12.8. The highest BCUT2D eigenvalue weighted by molar-refractivity contribution is 7.71. The first-order chi connectivity index (χ1) is 13.0. The Hall–Kier alpha value is -3.14. The molecule has 4 aromatic rings. The van der Waals surface area contributed by atoms with Crippen LogP contribution in [0.2, 0.25) is 0 Å². The van der Waals surface area contributed by atoms with E-state index in [0.717, 1.165) is 22.4 Å². The monoisotopic (exact) mass is 384 g/mol. The van der Waals surface area contributed by atoms with Gasteiger partial charge in [0.15, 0.2) is 16.1 Å². The van der Waals surface area contributed by atoms with Gasteiger partial charge >= 0.3 is 0 Å². The van der Waals surface area contributed by atoms with Crippen molar-refractivity contribution in [1.82, 2.24) is 33.7 Å². The van der Waals surface area contributed by atoms with Crippen LogP contribution in [0.1, 0.15) is 12.0 Å². The lowest BCUT2D eigenvalue weighted by Gasteiger charge is -2.09.